The Morgan fingerprint density at radius 2 is 2.00 bits per heavy atom. The van der Waals surface area contributed by atoms with Gasteiger partial charge in [0.25, 0.3) is 10.0 Å². The lowest BCUT2D eigenvalue weighted by Crippen LogP contribution is -2.36. The van der Waals surface area contributed by atoms with Gasteiger partial charge in [-0.2, -0.15) is 0 Å². The summed E-state index contributed by atoms with van der Waals surface area (Å²) in [7, 11) is -0.404. The topological polar surface area (TPSA) is 84.4 Å². The van der Waals surface area contributed by atoms with Gasteiger partial charge in [0.15, 0.2) is 5.67 Å². The molecule has 1 N–H and O–H groups in total. The molecule has 1 saturated carbocycles. The van der Waals surface area contributed by atoms with Crippen LogP contribution in [0, 0.1) is 5.92 Å². The number of aromatic nitrogens is 2. The maximum absolute atomic E-state index is 14.7. The number of hydrogen-bond donors (Lipinski definition) is 1. The first kappa shape index (κ1) is 21.0. The van der Waals surface area contributed by atoms with Gasteiger partial charge < -0.3 is 9.64 Å². The molecule has 1 aliphatic carbocycles. The Balaban J connectivity index is 1.59. The number of ether oxygens (including phenoxy) is 1. The van der Waals surface area contributed by atoms with E-state index in [4.69, 9.17) is 4.74 Å². The molecule has 0 spiro atoms. The first-order valence-electron chi connectivity index (χ1n) is 10.1. The second-order valence-corrected chi connectivity index (χ2v) is 10.1. The van der Waals surface area contributed by atoms with Crippen molar-refractivity contribution in [1.29, 1.82) is 0 Å². The van der Waals surface area contributed by atoms with Gasteiger partial charge in [-0.15, -0.1) is 0 Å². The van der Waals surface area contributed by atoms with Crippen molar-refractivity contribution in [3.05, 3.63) is 41.3 Å². The van der Waals surface area contributed by atoms with Crippen LogP contribution >= 0.6 is 0 Å². The number of nitrogens with zero attached hydrogens (tertiary/aromatic N) is 3. The zero-order chi connectivity index (χ0) is 21.5. The monoisotopic (exact) mass is 434 g/mol. The first-order chi connectivity index (χ1) is 14.2. The van der Waals surface area contributed by atoms with E-state index in [0.29, 0.717) is 24.4 Å². The van der Waals surface area contributed by atoms with E-state index >= 15 is 0 Å². The second kappa shape index (κ2) is 7.77. The lowest BCUT2D eigenvalue weighted by molar-refractivity contribution is 0.00719. The van der Waals surface area contributed by atoms with E-state index < -0.39 is 15.7 Å². The largest absolute Gasteiger partial charge is 0.479 e. The maximum Gasteiger partial charge on any atom is 0.263 e. The molecule has 7 nitrogen and oxygen atoms in total. The molecule has 0 amide bonds. The fraction of sp³-hybridized carbons (Fsp3) is 0.524. The van der Waals surface area contributed by atoms with E-state index in [1.165, 1.54) is 25.4 Å². The van der Waals surface area contributed by atoms with Gasteiger partial charge in [0.2, 0.25) is 5.88 Å². The number of rotatable bonds is 5. The smallest absolute Gasteiger partial charge is 0.263 e. The molecule has 2 aliphatic rings. The SMILES string of the molecule is COc1nc2c(cc1NS(=O)(=O)c1ccc(C3(F)CC(C)C3)nc1)CCN(C)CC2. The summed E-state index contributed by atoms with van der Waals surface area (Å²) in [6.07, 6.45) is 3.60. The average molecular weight is 435 g/mol. The number of methoxy groups -OCH3 is 1. The number of halogens is 1. The van der Waals surface area contributed by atoms with E-state index in [9.17, 15) is 12.8 Å². The quantitative estimate of drug-likeness (QED) is 0.779. The van der Waals surface area contributed by atoms with Crippen molar-refractivity contribution in [1.82, 2.24) is 14.9 Å². The average Bonchev–Trinajstić information content (AvgIpc) is 2.87. The molecule has 162 valence electrons. The van der Waals surface area contributed by atoms with E-state index in [1.807, 2.05) is 6.92 Å². The van der Waals surface area contributed by atoms with Crippen LogP contribution in [0.1, 0.15) is 36.7 Å². The highest BCUT2D eigenvalue weighted by molar-refractivity contribution is 7.92. The molecule has 1 aliphatic heterocycles. The van der Waals surface area contributed by atoms with Crippen LogP contribution in [0.3, 0.4) is 0 Å². The van der Waals surface area contributed by atoms with Crippen LogP contribution in [0.4, 0.5) is 10.1 Å². The predicted octanol–water partition coefficient (Wildman–Crippen LogP) is 2.91. The molecule has 0 saturated heterocycles. The van der Waals surface area contributed by atoms with Gasteiger partial charge in [-0.3, -0.25) is 9.71 Å². The minimum Gasteiger partial charge on any atom is -0.479 e. The summed E-state index contributed by atoms with van der Waals surface area (Å²) in [6, 6.07) is 4.65. The predicted molar refractivity (Wildman–Crippen MR) is 112 cm³/mol. The Labute approximate surface area is 176 Å². The summed E-state index contributed by atoms with van der Waals surface area (Å²) in [5, 5.41) is 0. The van der Waals surface area contributed by atoms with Crippen LogP contribution in [0.15, 0.2) is 29.3 Å². The fourth-order valence-corrected chi connectivity index (χ4v) is 5.21. The molecular weight excluding hydrogens is 407 g/mol. The lowest BCUT2D eigenvalue weighted by Gasteiger charge is -2.39. The van der Waals surface area contributed by atoms with Gasteiger partial charge in [0, 0.05) is 31.4 Å². The Morgan fingerprint density at radius 3 is 2.63 bits per heavy atom. The van der Waals surface area contributed by atoms with Crippen LogP contribution in [-0.4, -0.2) is 50.5 Å². The van der Waals surface area contributed by atoms with Crippen LogP contribution in [0.2, 0.25) is 0 Å². The zero-order valence-corrected chi connectivity index (χ0v) is 18.3. The Kier molecular flexibility index (Phi) is 5.44. The molecule has 0 bridgehead atoms. The molecule has 30 heavy (non-hydrogen) atoms. The third kappa shape index (κ3) is 4.00. The number of nitrogens with one attached hydrogen (secondary N) is 1. The van der Waals surface area contributed by atoms with E-state index in [-0.39, 0.29) is 16.5 Å². The Hall–Kier alpha value is -2.26. The van der Waals surface area contributed by atoms with Crippen molar-refractivity contribution < 1.29 is 17.5 Å². The first-order valence-corrected chi connectivity index (χ1v) is 11.6. The van der Waals surface area contributed by atoms with Gasteiger partial charge in [0.05, 0.1) is 12.8 Å². The number of likely N-dealkylation sites (N-methyl/N-ethyl adjacent to an activating group) is 1. The molecular formula is C21H27FN4O3S. The summed E-state index contributed by atoms with van der Waals surface area (Å²) in [5.74, 6) is 0.549. The van der Waals surface area contributed by atoms with E-state index in [1.54, 1.807) is 6.07 Å². The van der Waals surface area contributed by atoms with Crippen molar-refractivity contribution >= 4 is 15.7 Å². The molecule has 4 rings (SSSR count). The van der Waals surface area contributed by atoms with Crippen LogP contribution in [-0.2, 0) is 28.5 Å². The minimum atomic E-state index is -3.92. The van der Waals surface area contributed by atoms with Crippen LogP contribution in [0.5, 0.6) is 5.88 Å². The number of sulfonamides is 1. The number of alkyl halides is 1. The fourth-order valence-electron chi connectivity index (χ4n) is 4.22. The molecule has 9 heteroatoms. The third-order valence-electron chi connectivity index (χ3n) is 5.94. The van der Waals surface area contributed by atoms with E-state index in [2.05, 4.69) is 26.6 Å². The summed E-state index contributed by atoms with van der Waals surface area (Å²) >= 11 is 0. The molecule has 2 aromatic heterocycles. The molecule has 2 aromatic rings. The Bertz CT molecular complexity index is 1040. The van der Waals surface area contributed by atoms with Crippen molar-refractivity contribution in [3.63, 3.8) is 0 Å². The number of fused-ring (bicyclic) bond motifs is 1. The standard InChI is InChI=1S/C21H27FN4O3S/c1-14-11-21(22,12-14)19-5-4-16(13-23-19)30(27,28)25-18-10-15-6-8-26(2)9-7-17(15)24-20(18)29-3/h4-5,10,13-14,25H,6-9,11-12H2,1-3H3. The highest BCUT2D eigenvalue weighted by Crippen LogP contribution is 2.48. The third-order valence-corrected chi connectivity index (χ3v) is 7.29. The maximum atomic E-state index is 14.7. The summed E-state index contributed by atoms with van der Waals surface area (Å²) in [5.41, 5.74) is 1.05. The van der Waals surface area contributed by atoms with Gasteiger partial charge in [0.1, 0.15) is 10.6 Å². The summed E-state index contributed by atoms with van der Waals surface area (Å²) < 4.78 is 48.5. The second-order valence-electron chi connectivity index (χ2n) is 8.42. The molecule has 0 radical (unpaired) electrons. The highest BCUT2D eigenvalue weighted by Gasteiger charge is 2.45. The molecule has 0 atom stereocenters. The molecule has 0 aromatic carbocycles. The normalized spacial score (nSPS) is 24.5. The van der Waals surface area contributed by atoms with Crippen LogP contribution in [0.25, 0.3) is 0 Å². The highest BCUT2D eigenvalue weighted by atomic mass is 32.2. The minimum absolute atomic E-state index is 0.0287. The van der Waals surface area contributed by atoms with Gasteiger partial charge in [-0.1, -0.05) is 6.92 Å². The van der Waals surface area contributed by atoms with Crippen LogP contribution < -0.4 is 9.46 Å². The molecule has 3 heterocycles. The summed E-state index contributed by atoms with van der Waals surface area (Å²) in [6.45, 7) is 3.75. The van der Waals surface area contributed by atoms with E-state index in [0.717, 1.165) is 37.2 Å². The van der Waals surface area contributed by atoms with Crippen molar-refractivity contribution in [2.75, 3.05) is 32.0 Å². The number of hydrogen-bond acceptors (Lipinski definition) is 6. The molecule has 1 fully saturated rings. The van der Waals surface area contributed by atoms with Gasteiger partial charge in [-0.25, -0.2) is 17.8 Å². The number of anilines is 1. The summed E-state index contributed by atoms with van der Waals surface area (Å²) in [4.78, 5) is 10.8. The molecule has 0 unspecified atom stereocenters. The van der Waals surface area contributed by atoms with Crippen molar-refractivity contribution in [2.24, 2.45) is 5.92 Å². The van der Waals surface area contributed by atoms with Gasteiger partial charge >= 0.3 is 0 Å². The Morgan fingerprint density at radius 1 is 1.27 bits per heavy atom. The zero-order valence-electron chi connectivity index (χ0n) is 17.5. The van der Waals surface area contributed by atoms with Crippen molar-refractivity contribution in [2.45, 2.75) is 43.2 Å². The van der Waals surface area contributed by atoms with Crippen molar-refractivity contribution in [3.8, 4) is 5.88 Å². The van der Waals surface area contributed by atoms with Gasteiger partial charge in [-0.05, 0) is 56.0 Å². The number of pyridine rings is 2. The lowest BCUT2D eigenvalue weighted by atomic mass is 9.71.